The summed E-state index contributed by atoms with van der Waals surface area (Å²) in [7, 11) is 0. The molecule has 1 fully saturated rings. The first-order valence-electron chi connectivity index (χ1n) is 2.86. The Labute approximate surface area is 44.3 Å². The van der Waals surface area contributed by atoms with Crippen LogP contribution in [-0.4, -0.2) is 31.1 Å². The molecule has 42 valence electrons. The van der Waals surface area contributed by atoms with Gasteiger partial charge in [-0.1, -0.05) is 0 Å². The molecule has 0 aliphatic carbocycles. The van der Waals surface area contributed by atoms with Crippen molar-refractivity contribution in [1.82, 2.24) is 4.90 Å². The van der Waals surface area contributed by atoms with Crippen LogP contribution >= 0.6 is 0 Å². The van der Waals surface area contributed by atoms with Crippen LogP contribution in [0.2, 0.25) is 0 Å². The summed E-state index contributed by atoms with van der Waals surface area (Å²) in [5.41, 5.74) is 5.28. The zero-order chi connectivity index (χ0) is 5.11. The molecule has 2 heteroatoms. The minimum Gasteiger partial charge on any atom is -0.330 e. The molecule has 0 aromatic heterocycles. The molecule has 0 amide bonds. The number of nitrogens with two attached hydrogens (primary N) is 1. The van der Waals surface area contributed by atoms with E-state index in [4.69, 9.17) is 5.73 Å². The predicted molar refractivity (Wildman–Crippen MR) is 30.1 cm³/mol. The molecule has 0 spiro atoms. The lowest BCUT2D eigenvalue weighted by Crippen LogP contribution is -2.06. The van der Waals surface area contributed by atoms with Gasteiger partial charge >= 0.3 is 0 Å². The van der Waals surface area contributed by atoms with E-state index < -0.39 is 0 Å². The van der Waals surface area contributed by atoms with Gasteiger partial charge in [-0.15, -0.1) is 0 Å². The minimum atomic E-state index is 0.844. The Morgan fingerprint density at radius 3 is 2.57 bits per heavy atom. The highest BCUT2D eigenvalue weighted by Gasteiger charge is 2.14. The highest BCUT2D eigenvalue weighted by molar-refractivity contribution is 4.71. The van der Waals surface area contributed by atoms with Gasteiger partial charge in [0.25, 0.3) is 0 Å². The number of hydrogen-bond acceptors (Lipinski definition) is 2. The zero-order valence-electron chi connectivity index (χ0n) is 4.56. The van der Waals surface area contributed by atoms with E-state index in [0.717, 1.165) is 6.54 Å². The monoisotopic (exact) mass is 100 g/mol. The van der Waals surface area contributed by atoms with Crippen molar-refractivity contribution in [3.63, 3.8) is 0 Å². The first-order valence-corrected chi connectivity index (χ1v) is 2.86. The summed E-state index contributed by atoms with van der Waals surface area (Å²) in [4.78, 5) is 2.38. The summed E-state index contributed by atoms with van der Waals surface area (Å²) >= 11 is 0. The third kappa shape index (κ3) is 1.90. The average Bonchev–Trinajstić information content (AvgIpc) is 2.42. The van der Waals surface area contributed by atoms with Crippen molar-refractivity contribution in [2.45, 2.75) is 6.42 Å². The molecule has 0 unspecified atom stereocenters. The van der Waals surface area contributed by atoms with E-state index in [-0.39, 0.29) is 0 Å². The van der Waals surface area contributed by atoms with Crippen LogP contribution in [0.1, 0.15) is 6.42 Å². The molecule has 1 aliphatic rings. The predicted octanol–water partition coefficient (Wildman–Crippen LogP) is -0.349. The molecule has 0 saturated carbocycles. The number of hydrogen-bond donors (Lipinski definition) is 1. The van der Waals surface area contributed by atoms with Gasteiger partial charge < -0.3 is 10.6 Å². The maximum atomic E-state index is 5.28. The van der Waals surface area contributed by atoms with Crippen LogP contribution in [0.3, 0.4) is 0 Å². The smallest absolute Gasteiger partial charge is 0.0110 e. The largest absolute Gasteiger partial charge is 0.330 e. The second kappa shape index (κ2) is 2.28. The minimum absolute atomic E-state index is 0.844. The summed E-state index contributed by atoms with van der Waals surface area (Å²) in [6.45, 7) is 4.67. The molecule has 0 atom stereocenters. The van der Waals surface area contributed by atoms with E-state index in [1.807, 2.05) is 0 Å². The summed E-state index contributed by atoms with van der Waals surface area (Å²) in [5.74, 6) is 0. The van der Waals surface area contributed by atoms with Gasteiger partial charge in [-0.25, -0.2) is 0 Å². The van der Waals surface area contributed by atoms with Crippen LogP contribution in [0.25, 0.3) is 0 Å². The molecule has 1 heterocycles. The Bertz CT molecular complexity index is 50.0. The van der Waals surface area contributed by atoms with Crippen molar-refractivity contribution in [3.05, 3.63) is 0 Å². The second-order valence-corrected chi connectivity index (χ2v) is 1.98. The molecule has 0 aromatic rings. The van der Waals surface area contributed by atoms with Gasteiger partial charge in [-0.3, -0.25) is 0 Å². The summed E-state index contributed by atoms with van der Waals surface area (Å²) in [6, 6.07) is 0. The summed E-state index contributed by atoms with van der Waals surface area (Å²) < 4.78 is 0. The van der Waals surface area contributed by atoms with Crippen molar-refractivity contribution in [2.75, 3.05) is 26.2 Å². The fraction of sp³-hybridized carbons (Fsp3) is 1.00. The quantitative estimate of drug-likeness (QED) is 0.491. The van der Waals surface area contributed by atoms with Crippen molar-refractivity contribution in [3.8, 4) is 0 Å². The third-order valence-electron chi connectivity index (χ3n) is 1.22. The Kier molecular flexibility index (Phi) is 1.65. The van der Waals surface area contributed by atoms with Gasteiger partial charge in [0.1, 0.15) is 0 Å². The van der Waals surface area contributed by atoms with Crippen LogP contribution < -0.4 is 5.73 Å². The van der Waals surface area contributed by atoms with Crippen molar-refractivity contribution >= 4 is 0 Å². The van der Waals surface area contributed by atoms with Crippen molar-refractivity contribution < 1.29 is 0 Å². The molecular formula is C5H12N2. The van der Waals surface area contributed by atoms with Gasteiger partial charge in [-0.05, 0) is 19.5 Å². The van der Waals surface area contributed by atoms with E-state index >= 15 is 0 Å². The van der Waals surface area contributed by atoms with E-state index in [0.29, 0.717) is 0 Å². The standard InChI is InChI=1S/C5H12N2/c6-2-1-3-7-4-5-7/h1-6H2. The maximum Gasteiger partial charge on any atom is 0.0110 e. The first kappa shape index (κ1) is 5.06. The molecule has 0 radical (unpaired) electrons. The molecule has 1 rings (SSSR count). The fourth-order valence-electron chi connectivity index (χ4n) is 0.609. The molecule has 2 nitrogen and oxygen atoms in total. The van der Waals surface area contributed by atoms with Crippen LogP contribution in [-0.2, 0) is 0 Å². The Hall–Kier alpha value is -0.0800. The molecule has 7 heavy (non-hydrogen) atoms. The first-order chi connectivity index (χ1) is 3.43. The van der Waals surface area contributed by atoms with Crippen LogP contribution in [0.4, 0.5) is 0 Å². The fourth-order valence-corrected chi connectivity index (χ4v) is 0.609. The van der Waals surface area contributed by atoms with Crippen molar-refractivity contribution in [2.24, 2.45) is 5.73 Å². The second-order valence-electron chi connectivity index (χ2n) is 1.98. The molecule has 2 N–H and O–H groups in total. The molecule has 0 bridgehead atoms. The Morgan fingerprint density at radius 2 is 2.14 bits per heavy atom. The SMILES string of the molecule is NCCCN1CC1. The average molecular weight is 100 g/mol. The van der Waals surface area contributed by atoms with Gasteiger partial charge in [-0.2, -0.15) is 0 Å². The lowest BCUT2D eigenvalue weighted by Gasteiger charge is -1.93. The van der Waals surface area contributed by atoms with E-state index in [9.17, 15) is 0 Å². The van der Waals surface area contributed by atoms with Gasteiger partial charge in [0, 0.05) is 13.1 Å². The van der Waals surface area contributed by atoms with Crippen LogP contribution in [0.15, 0.2) is 0 Å². The third-order valence-corrected chi connectivity index (χ3v) is 1.22. The topological polar surface area (TPSA) is 29.0 Å². The highest BCUT2D eigenvalue weighted by Crippen LogP contribution is 2.01. The zero-order valence-corrected chi connectivity index (χ0v) is 4.56. The lowest BCUT2D eigenvalue weighted by atomic mass is 10.4. The van der Waals surface area contributed by atoms with Gasteiger partial charge in [0.05, 0.1) is 0 Å². The lowest BCUT2D eigenvalue weighted by molar-refractivity contribution is 0.539. The van der Waals surface area contributed by atoms with E-state index in [1.54, 1.807) is 0 Å². The molecule has 1 aliphatic heterocycles. The van der Waals surface area contributed by atoms with E-state index in [1.165, 1.54) is 26.1 Å². The van der Waals surface area contributed by atoms with Crippen LogP contribution in [0, 0.1) is 0 Å². The summed E-state index contributed by atoms with van der Waals surface area (Å²) in [6.07, 6.45) is 1.17. The van der Waals surface area contributed by atoms with Crippen molar-refractivity contribution in [1.29, 1.82) is 0 Å². The molecule has 0 aromatic carbocycles. The summed E-state index contributed by atoms with van der Waals surface area (Å²) in [5, 5.41) is 0. The Morgan fingerprint density at radius 1 is 1.43 bits per heavy atom. The number of nitrogens with zero attached hydrogens (tertiary/aromatic N) is 1. The normalized spacial score (nSPS) is 20.1. The van der Waals surface area contributed by atoms with Crippen LogP contribution in [0.5, 0.6) is 0 Å². The Balaban J connectivity index is 1.80. The molecular weight excluding hydrogens is 88.1 g/mol. The molecule has 1 saturated heterocycles. The highest BCUT2D eigenvalue weighted by atomic mass is 15.2. The van der Waals surface area contributed by atoms with E-state index in [2.05, 4.69) is 4.90 Å². The number of rotatable bonds is 3. The van der Waals surface area contributed by atoms with Gasteiger partial charge in [0.15, 0.2) is 0 Å². The maximum absolute atomic E-state index is 5.28. The van der Waals surface area contributed by atoms with Gasteiger partial charge in [0.2, 0.25) is 0 Å².